The van der Waals surface area contributed by atoms with Crippen LogP contribution in [0.5, 0.6) is 0 Å². The van der Waals surface area contributed by atoms with Gasteiger partial charge in [-0.3, -0.25) is 0 Å². The lowest BCUT2D eigenvalue weighted by Crippen LogP contribution is -2.28. The van der Waals surface area contributed by atoms with Gasteiger partial charge in [-0.1, -0.05) is 76.6 Å². The third-order valence-electron chi connectivity index (χ3n) is 7.70. The van der Waals surface area contributed by atoms with E-state index in [-0.39, 0.29) is 11.5 Å². The summed E-state index contributed by atoms with van der Waals surface area (Å²) in [5.41, 5.74) is 0.697. The van der Waals surface area contributed by atoms with Crippen LogP contribution >= 0.6 is 0 Å². The van der Waals surface area contributed by atoms with Crippen molar-refractivity contribution in [1.29, 1.82) is 0 Å². The molecule has 0 aliphatic heterocycles. The van der Waals surface area contributed by atoms with Crippen molar-refractivity contribution >= 4 is 0 Å². The fourth-order valence-electron chi connectivity index (χ4n) is 5.38. The lowest BCUT2D eigenvalue weighted by molar-refractivity contribution is -0.282. The van der Waals surface area contributed by atoms with Gasteiger partial charge in [-0.2, -0.15) is 8.78 Å². The predicted molar refractivity (Wildman–Crippen MR) is 138 cm³/mol. The summed E-state index contributed by atoms with van der Waals surface area (Å²) < 4.78 is 77.4. The molecule has 0 heterocycles. The van der Waals surface area contributed by atoms with Crippen molar-refractivity contribution in [3.63, 3.8) is 0 Å². The van der Waals surface area contributed by atoms with Gasteiger partial charge in [-0.25, -0.2) is 13.2 Å². The molecule has 1 atom stereocenters. The Morgan fingerprint density at radius 2 is 1.49 bits per heavy atom. The molecule has 6 heteroatoms. The monoisotopic (exact) mass is 524 g/mol. The van der Waals surface area contributed by atoms with E-state index in [0.717, 1.165) is 57.1 Å². The number of aryl methyl sites for hydroxylation is 1. The van der Waals surface area contributed by atoms with Crippen molar-refractivity contribution in [2.75, 3.05) is 0 Å². The summed E-state index contributed by atoms with van der Waals surface area (Å²) in [4.78, 5) is 0. The first-order chi connectivity index (χ1) is 17.7. The predicted octanol–water partition coefficient (Wildman–Crippen LogP) is 10.4. The second kappa shape index (κ2) is 14.3. The largest absolute Gasteiger partial charge is 0.391 e. The summed E-state index contributed by atoms with van der Waals surface area (Å²) in [6.45, 7) is 3.56. The fourth-order valence-corrected chi connectivity index (χ4v) is 5.38. The molecule has 0 amide bonds. The second-order valence-corrected chi connectivity index (χ2v) is 10.6. The van der Waals surface area contributed by atoms with Gasteiger partial charge in [0.1, 0.15) is 11.6 Å². The molecule has 2 aromatic carbocycles. The average molecular weight is 525 g/mol. The van der Waals surface area contributed by atoms with Crippen molar-refractivity contribution in [1.82, 2.24) is 0 Å². The molecule has 0 bridgehead atoms. The first-order valence-corrected chi connectivity index (χ1v) is 14.0. The lowest BCUT2D eigenvalue weighted by Gasteiger charge is -2.29. The van der Waals surface area contributed by atoms with Crippen LogP contribution < -0.4 is 0 Å². The van der Waals surface area contributed by atoms with Crippen molar-refractivity contribution in [3.05, 3.63) is 70.3 Å². The maximum atomic E-state index is 14.9. The van der Waals surface area contributed by atoms with Gasteiger partial charge >= 0.3 is 6.11 Å². The Morgan fingerprint density at radius 1 is 0.838 bits per heavy atom. The third-order valence-corrected chi connectivity index (χ3v) is 7.70. The van der Waals surface area contributed by atoms with Gasteiger partial charge in [0.05, 0.1) is 6.61 Å². The standard InChI is InChI=1S/C31H41F5O/c1-3-5-7-9-22-11-15-25(16-12-22)26-17-14-24(20-28(26)32)21-37-31(35,36)30(34)27-18-13-23(19-29(27)33)10-8-6-4-2/h13-14,17-20,22,25,30H,3-12,15-16,21H2,1-2H3. The van der Waals surface area contributed by atoms with Crippen molar-refractivity contribution in [2.45, 2.75) is 116 Å². The van der Waals surface area contributed by atoms with Crippen LogP contribution in [0, 0.1) is 17.6 Å². The minimum absolute atomic E-state index is 0.127. The zero-order valence-corrected chi connectivity index (χ0v) is 22.2. The van der Waals surface area contributed by atoms with Gasteiger partial charge in [0, 0.05) is 5.56 Å². The van der Waals surface area contributed by atoms with E-state index in [1.165, 1.54) is 37.8 Å². The van der Waals surface area contributed by atoms with Crippen LogP contribution in [0.3, 0.4) is 0 Å². The Balaban J connectivity index is 1.55. The van der Waals surface area contributed by atoms with Gasteiger partial charge in [0.25, 0.3) is 0 Å². The quantitative estimate of drug-likeness (QED) is 0.176. The highest BCUT2D eigenvalue weighted by molar-refractivity contribution is 5.28. The van der Waals surface area contributed by atoms with Crippen LogP contribution in [0.1, 0.15) is 119 Å². The van der Waals surface area contributed by atoms with E-state index in [9.17, 15) is 22.0 Å². The SMILES string of the molecule is CCCCCc1ccc(C(F)C(F)(F)OCc2ccc(C3CCC(CCCCC)CC3)c(F)c2)c(F)c1. The molecule has 1 fully saturated rings. The van der Waals surface area contributed by atoms with Crippen LogP contribution in [0.4, 0.5) is 22.0 Å². The number of hydrogen-bond acceptors (Lipinski definition) is 1. The Kier molecular flexibility index (Phi) is 11.4. The number of hydrogen-bond donors (Lipinski definition) is 0. The van der Waals surface area contributed by atoms with E-state index in [0.29, 0.717) is 23.5 Å². The average Bonchev–Trinajstić information content (AvgIpc) is 2.88. The first-order valence-electron chi connectivity index (χ1n) is 14.0. The molecule has 37 heavy (non-hydrogen) atoms. The van der Waals surface area contributed by atoms with Crippen molar-refractivity contribution in [2.24, 2.45) is 5.92 Å². The maximum absolute atomic E-state index is 14.9. The molecule has 1 aliphatic rings. The molecule has 1 aliphatic carbocycles. The zero-order chi connectivity index (χ0) is 26.8. The highest BCUT2D eigenvalue weighted by atomic mass is 19.3. The Bertz CT molecular complexity index is 968. The number of ether oxygens (including phenoxy) is 1. The summed E-state index contributed by atoms with van der Waals surface area (Å²) in [7, 11) is 0. The van der Waals surface area contributed by atoms with Gasteiger partial charge in [0.2, 0.25) is 6.17 Å². The normalized spacial score (nSPS) is 19.2. The number of rotatable bonds is 14. The second-order valence-electron chi connectivity index (χ2n) is 10.6. The Labute approximate surface area is 218 Å². The highest BCUT2D eigenvalue weighted by Crippen LogP contribution is 2.40. The molecule has 1 unspecified atom stereocenters. The Hall–Kier alpha value is -1.95. The topological polar surface area (TPSA) is 9.23 Å². The van der Waals surface area contributed by atoms with Crippen LogP contribution in [-0.4, -0.2) is 6.11 Å². The summed E-state index contributed by atoms with van der Waals surface area (Å²) in [5.74, 6) is -0.626. The van der Waals surface area contributed by atoms with E-state index in [4.69, 9.17) is 0 Å². The van der Waals surface area contributed by atoms with Crippen molar-refractivity contribution in [3.8, 4) is 0 Å². The summed E-state index contributed by atoms with van der Waals surface area (Å²) in [6.07, 6.45) is 5.17. The summed E-state index contributed by atoms with van der Waals surface area (Å²) >= 11 is 0. The summed E-state index contributed by atoms with van der Waals surface area (Å²) in [5, 5.41) is 0. The molecule has 0 spiro atoms. The van der Waals surface area contributed by atoms with E-state index < -0.39 is 36.1 Å². The smallest absolute Gasteiger partial charge is 0.313 e. The maximum Gasteiger partial charge on any atom is 0.391 e. The minimum Gasteiger partial charge on any atom is -0.313 e. The molecule has 0 aromatic heterocycles. The number of alkyl halides is 3. The van der Waals surface area contributed by atoms with Crippen LogP contribution in [0.2, 0.25) is 0 Å². The highest BCUT2D eigenvalue weighted by Gasteiger charge is 2.44. The molecule has 1 nitrogen and oxygen atoms in total. The number of benzene rings is 2. The van der Waals surface area contributed by atoms with Crippen LogP contribution in [-0.2, 0) is 17.8 Å². The molecule has 206 valence electrons. The van der Waals surface area contributed by atoms with Gasteiger partial charge in [0.15, 0.2) is 0 Å². The van der Waals surface area contributed by atoms with Gasteiger partial charge < -0.3 is 4.74 Å². The van der Waals surface area contributed by atoms with E-state index in [2.05, 4.69) is 11.7 Å². The van der Waals surface area contributed by atoms with E-state index in [1.807, 2.05) is 6.92 Å². The summed E-state index contributed by atoms with van der Waals surface area (Å²) in [6, 6.07) is 8.03. The van der Waals surface area contributed by atoms with E-state index >= 15 is 0 Å². The van der Waals surface area contributed by atoms with Crippen molar-refractivity contribution < 1.29 is 26.7 Å². The fraction of sp³-hybridized carbons (Fsp3) is 0.613. The zero-order valence-electron chi connectivity index (χ0n) is 22.2. The van der Waals surface area contributed by atoms with Crippen LogP contribution in [0.25, 0.3) is 0 Å². The molecule has 0 saturated heterocycles. The van der Waals surface area contributed by atoms with Crippen LogP contribution in [0.15, 0.2) is 36.4 Å². The van der Waals surface area contributed by atoms with Gasteiger partial charge in [-0.05, 0) is 79.2 Å². The lowest BCUT2D eigenvalue weighted by atomic mass is 9.77. The number of unbranched alkanes of at least 4 members (excludes halogenated alkanes) is 4. The van der Waals surface area contributed by atoms with Gasteiger partial charge in [-0.15, -0.1) is 0 Å². The number of halogens is 5. The molecule has 1 saturated carbocycles. The first kappa shape index (κ1) is 29.6. The molecular weight excluding hydrogens is 483 g/mol. The molecule has 0 radical (unpaired) electrons. The van der Waals surface area contributed by atoms with E-state index in [1.54, 1.807) is 12.1 Å². The molecule has 0 N–H and O–H groups in total. The molecule has 2 aromatic rings. The minimum atomic E-state index is -4.25. The molecular formula is C31H41F5O. The Morgan fingerprint density at radius 3 is 2.14 bits per heavy atom. The molecule has 3 rings (SSSR count). The third kappa shape index (κ3) is 8.53.